The van der Waals surface area contributed by atoms with E-state index in [1.807, 2.05) is 0 Å². The molecule has 84 valence electrons. The standard InChI is InChI=1S/C9H8ClN3O2S/c10-5-1-2-11-3-6(5)12-8(14)7-4-16-9(15)13-7/h1-3,7H,4H2,(H,12,14)(H,13,15). The highest BCUT2D eigenvalue weighted by Gasteiger charge is 2.28. The molecule has 1 fully saturated rings. The van der Waals surface area contributed by atoms with Gasteiger partial charge in [0.2, 0.25) is 5.91 Å². The number of anilines is 1. The SMILES string of the molecule is O=C1NC(C(=O)Nc2cnccc2Cl)CS1. The lowest BCUT2D eigenvalue weighted by Crippen LogP contribution is -2.38. The van der Waals surface area contributed by atoms with Crippen LogP contribution in [-0.2, 0) is 4.79 Å². The molecule has 0 saturated carbocycles. The Balaban J connectivity index is 2.03. The lowest BCUT2D eigenvalue weighted by molar-refractivity contribution is -0.117. The third-order valence-electron chi connectivity index (χ3n) is 2.02. The molecule has 1 aliphatic rings. The molecule has 2 heterocycles. The topological polar surface area (TPSA) is 71.1 Å². The summed E-state index contributed by atoms with van der Waals surface area (Å²) in [5.41, 5.74) is 0.445. The van der Waals surface area contributed by atoms with Crippen molar-refractivity contribution in [3.63, 3.8) is 0 Å². The molecule has 1 aromatic heterocycles. The Morgan fingerprint density at radius 3 is 3.12 bits per heavy atom. The van der Waals surface area contributed by atoms with E-state index in [9.17, 15) is 9.59 Å². The van der Waals surface area contributed by atoms with E-state index >= 15 is 0 Å². The molecule has 0 aromatic carbocycles. The number of hydrogen-bond donors (Lipinski definition) is 2. The lowest BCUT2D eigenvalue weighted by Gasteiger charge is -2.10. The van der Waals surface area contributed by atoms with Crippen LogP contribution < -0.4 is 10.6 Å². The van der Waals surface area contributed by atoms with Gasteiger partial charge in [0.1, 0.15) is 6.04 Å². The number of rotatable bonds is 2. The van der Waals surface area contributed by atoms with Crippen LogP contribution in [0.1, 0.15) is 0 Å². The fourth-order valence-corrected chi connectivity index (χ4v) is 2.15. The van der Waals surface area contributed by atoms with Crippen molar-refractivity contribution in [3.05, 3.63) is 23.5 Å². The maximum atomic E-state index is 11.7. The fraction of sp³-hybridized carbons (Fsp3) is 0.222. The molecular formula is C9H8ClN3O2S. The van der Waals surface area contributed by atoms with Gasteiger partial charge in [0.05, 0.1) is 16.9 Å². The van der Waals surface area contributed by atoms with Crippen molar-refractivity contribution in [1.29, 1.82) is 0 Å². The highest BCUT2D eigenvalue weighted by molar-refractivity contribution is 8.14. The molecule has 2 rings (SSSR count). The van der Waals surface area contributed by atoms with E-state index in [1.54, 1.807) is 6.07 Å². The zero-order chi connectivity index (χ0) is 11.5. The second-order valence-corrected chi connectivity index (χ2v) is 4.54. The zero-order valence-corrected chi connectivity index (χ0v) is 9.64. The second-order valence-electron chi connectivity index (χ2n) is 3.14. The van der Waals surface area contributed by atoms with E-state index in [0.717, 1.165) is 11.8 Å². The number of amides is 2. The predicted octanol–water partition coefficient (Wildman–Crippen LogP) is 1.50. The number of nitrogens with one attached hydrogen (secondary N) is 2. The van der Waals surface area contributed by atoms with Crippen molar-refractivity contribution >= 4 is 40.2 Å². The normalized spacial score (nSPS) is 19.3. The Kier molecular flexibility index (Phi) is 3.31. The first-order valence-electron chi connectivity index (χ1n) is 4.50. The van der Waals surface area contributed by atoms with Crippen molar-refractivity contribution in [1.82, 2.24) is 10.3 Å². The molecule has 16 heavy (non-hydrogen) atoms. The van der Waals surface area contributed by atoms with E-state index in [2.05, 4.69) is 15.6 Å². The molecule has 0 bridgehead atoms. The van der Waals surface area contributed by atoms with Crippen LogP contribution in [0.4, 0.5) is 10.5 Å². The first kappa shape index (κ1) is 11.2. The number of carbonyl (C=O) groups is 2. The first-order valence-corrected chi connectivity index (χ1v) is 5.87. The zero-order valence-electron chi connectivity index (χ0n) is 8.07. The summed E-state index contributed by atoms with van der Waals surface area (Å²) < 4.78 is 0. The van der Waals surface area contributed by atoms with Gasteiger partial charge in [-0.2, -0.15) is 0 Å². The minimum absolute atomic E-state index is 0.183. The molecule has 0 radical (unpaired) electrons. The molecular weight excluding hydrogens is 250 g/mol. The van der Waals surface area contributed by atoms with Gasteiger partial charge in [-0.3, -0.25) is 14.6 Å². The van der Waals surface area contributed by atoms with Crippen molar-refractivity contribution < 1.29 is 9.59 Å². The number of pyridine rings is 1. The molecule has 7 heteroatoms. The third kappa shape index (κ3) is 2.45. The number of nitrogens with zero attached hydrogens (tertiary/aromatic N) is 1. The van der Waals surface area contributed by atoms with E-state index in [-0.39, 0.29) is 11.1 Å². The third-order valence-corrected chi connectivity index (χ3v) is 3.23. The number of halogens is 1. The van der Waals surface area contributed by atoms with Gasteiger partial charge in [-0.1, -0.05) is 23.4 Å². The Bertz CT molecular complexity index is 441. The highest BCUT2D eigenvalue weighted by atomic mass is 35.5. The number of thioether (sulfide) groups is 1. The van der Waals surface area contributed by atoms with E-state index < -0.39 is 6.04 Å². The van der Waals surface area contributed by atoms with Crippen LogP contribution in [0.3, 0.4) is 0 Å². The summed E-state index contributed by atoms with van der Waals surface area (Å²) in [6.45, 7) is 0. The van der Waals surface area contributed by atoms with Crippen LogP contribution in [0, 0.1) is 0 Å². The number of hydrogen-bond acceptors (Lipinski definition) is 4. The van der Waals surface area contributed by atoms with Crippen LogP contribution in [0.25, 0.3) is 0 Å². The number of aromatic nitrogens is 1. The van der Waals surface area contributed by atoms with Gasteiger partial charge in [-0.15, -0.1) is 0 Å². The van der Waals surface area contributed by atoms with Crippen LogP contribution >= 0.6 is 23.4 Å². The Hall–Kier alpha value is -1.27. The fourth-order valence-electron chi connectivity index (χ4n) is 1.22. The van der Waals surface area contributed by atoms with Crippen LogP contribution in [0.5, 0.6) is 0 Å². The molecule has 1 aliphatic heterocycles. The quantitative estimate of drug-likeness (QED) is 0.842. The van der Waals surface area contributed by atoms with Gasteiger partial charge in [0, 0.05) is 11.9 Å². The summed E-state index contributed by atoms with van der Waals surface area (Å²) >= 11 is 6.95. The van der Waals surface area contributed by atoms with Gasteiger partial charge in [0.25, 0.3) is 5.24 Å². The summed E-state index contributed by atoms with van der Waals surface area (Å²) in [4.78, 5) is 26.4. The van der Waals surface area contributed by atoms with Crippen molar-refractivity contribution in [2.45, 2.75) is 6.04 Å². The monoisotopic (exact) mass is 257 g/mol. The molecule has 5 nitrogen and oxygen atoms in total. The predicted molar refractivity (Wildman–Crippen MR) is 62.7 cm³/mol. The summed E-state index contributed by atoms with van der Waals surface area (Å²) in [7, 11) is 0. The largest absolute Gasteiger partial charge is 0.334 e. The maximum Gasteiger partial charge on any atom is 0.279 e. The average Bonchev–Trinajstić information content (AvgIpc) is 2.68. The maximum absolute atomic E-state index is 11.7. The van der Waals surface area contributed by atoms with E-state index in [0.29, 0.717) is 16.5 Å². The van der Waals surface area contributed by atoms with Crippen LogP contribution in [0.2, 0.25) is 5.02 Å². The molecule has 2 N–H and O–H groups in total. The van der Waals surface area contributed by atoms with Gasteiger partial charge >= 0.3 is 0 Å². The summed E-state index contributed by atoms with van der Waals surface area (Å²) in [5, 5.41) is 5.39. The molecule has 2 amide bonds. The number of carbonyl (C=O) groups excluding carboxylic acids is 2. The minimum Gasteiger partial charge on any atom is -0.334 e. The van der Waals surface area contributed by atoms with Crippen LogP contribution in [0.15, 0.2) is 18.5 Å². The average molecular weight is 258 g/mol. The van der Waals surface area contributed by atoms with E-state index in [1.165, 1.54) is 12.4 Å². The molecule has 0 aliphatic carbocycles. The molecule has 1 unspecified atom stereocenters. The summed E-state index contributed by atoms with van der Waals surface area (Å²) in [6.07, 6.45) is 3.00. The molecule has 0 spiro atoms. The Labute approximate surface area is 101 Å². The molecule has 1 aromatic rings. The smallest absolute Gasteiger partial charge is 0.279 e. The molecule has 1 saturated heterocycles. The van der Waals surface area contributed by atoms with Gasteiger partial charge in [-0.05, 0) is 6.07 Å². The minimum atomic E-state index is -0.506. The van der Waals surface area contributed by atoms with Crippen molar-refractivity contribution in [2.75, 3.05) is 11.1 Å². The van der Waals surface area contributed by atoms with Crippen molar-refractivity contribution in [3.8, 4) is 0 Å². The lowest BCUT2D eigenvalue weighted by atomic mass is 10.3. The summed E-state index contributed by atoms with van der Waals surface area (Å²) in [6, 6.07) is 1.08. The van der Waals surface area contributed by atoms with Gasteiger partial charge in [0.15, 0.2) is 0 Å². The van der Waals surface area contributed by atoms with Gasteiger partial charge < -0.3 is 10.6 Å². The first-order chi connectivity index (χ1) is 7.66. The Morgan fingerprint density at radius 1 is 1.69 bits per heavy atom. The van der Waals surface area contributed by atoms with Crippen LogP contribution in [-0.4, -0.2) is 27.9 Å². The van der Waals surface area contributed by atoms with Crippen molar-refractivity contribution in [2.24, 2.45) is 0 Å². The highest BCUT2D eigenvalue weighted by Crippen LogP contribution is 2.20. The summed E-state index contributed by atoms with van der Waals surface area (Å²) in [5.74, 6) is 0.149. The Morgan fingerprint density at radius 2 is 2.50 bits per heavy atom. The van der Waals surface area contributed by atoms with E-state index in [4.69, 9.17) is 11.6 Å². The van der Waals surface area contributed by atoms with Gasteiger partial charge in [-0.25, -0.2) is 0 Å². The second kappa shape index (κ2) is 4.71. The molecule has 1 atom stereocenters.